The van der Waals surface area contributed by atoms with E-state index in [-0.39, 0.29) is 0 Å². The van der Waals surface area contributed by atoms with E-state index in [9.17, 15) is 0 Å². The van der Waals surface area contributed by atoms with E-state index in [0.29, 0.717) is 0 Å². The Morgan fingerprint density at radius 3 is 0.387 bits per heavy atom. The standard InChI is InChI=1S/3C18H37.H3O4P.3Zn/c3*1-3-5-7-9-11-13-15-17-18-16-14-12-10-8-6-4-2;1-5(2,3)4;;;/h3*1,3-18H2,2H3;(H3,1,2,3,4);;;/q;;;;3*+1/p-3. The summed E-state index contributed by atoms with van der Waals surface area (Å²) in [4.78, 5) is 25.6. The summed E-state index contributed by atoms with van der Waals surface area (Å²) in [5.74, 6) is 0. The number of phosphoric acid groups is 1. The van der Waals surface area contributed by atoms with Crippen molar-refractivity contribution in [1.29, 1.82) is 0 Å². The molecule has 62 heavy (non-hydrogen) atoms. The SMILES string of the molecule is CCCCCCCCCCCCCCCCC[CH2][Zn+].CCCCCCCCCCCCCCCCC[CH2][Zn+].CCCCCCCCCCCCCCCCC[CH2][Zn+].O=P([O-])([O-])[O-]. The minimum absolute atomic E-state index is 1.38. The summed E-state index contributed by atoms with van der Waals surface area (Å²) >= 11 is 4.50. The van der Waals surface area contributed by atoms with Crippen LogP contribution in [0.3, 0.4) is 0 Å². The first-order chi connectivity index (χ1) is 30.2. The van der Waals surface area contributed by atoms with E-state index in [4.69, 9.17) is 19.2 Å². The molecular formula is C54H111O4PZn3. The molecule has 0 rings (SSSR count). The zero-order valence-corrected chi connectivity index (χ0v) is 53.1. The quantitative estimate of drug-likeness (QED) is 0.0345. The van der Waals surface area contributed by atoms with E-state index in [1.54, 1.807) is 0 Å². The van der Waals surface area contributed by atoms with E-state index in [0.717, 1.165) is 0 Å². The molecule has 0 bridgehead atoms. The third-order valence-corrected chi connectivity index (χ3v) is 15.5. The fourth-order valence-corrected chi connectivity index (χ4v) is 10.4. The number of rotatable bonds is 48. The summed E-state index contributed by atoms with van der Waals surface area (Å²) in [6, 6.07) is 0. The molecule has 0 spiro atoms. The van der Waals surface area contributed by atoms with Gasteiger partial charge in [-0.05, 0) is 0 Å². The van der Waals surface area contributed by atoms with E-state index in [2.05, 4.69) is 20.8 Å². The summed E-state index contributed by atoms with van der Waals surface area (Å²) in [6.45, 7) is 6.89. The monoisotopic (exact) mass is 1050 g/mol. The molecular weight excluding hydrogens is 940 g/mol. The normalized spacial score (nSPS) is 11.2. The van der Waals surface area contributed by atoms with Crippen molar-refractivity contribution >= 4 is 7.82 Å². The van der Waals surface area contributed by atoms with Crippen molar-refractivity contribution < 1.29 is 74.2 Å². The van der Waals surface area contributed by atoms with Crippen LogP contribution in [-0.2, 0) is 59.5 Å². The van der Waals surface area contributed by atoms with Crippen LogP contribution in [0.25, 0.3) is 0 Å². The molecule has 0 amide bonds. The Bertz CT molecular complexity index is 620. The predicted octanol–water partition coefficient (Wildman–Crippen LogP) is 18.8. The minimum atomic E-state index is -5.39. The van der Waals surface area contributed by atoms with Crippen molar-refractivity contribution in [2.24, 2.45) is 0 Å². The number of unbranched alkanes of at least 4 members (excludes halogenated alkanes) is 45. The van der Waals surface area contributed by atoms with Crippen LogP contribution in [-0.4, -0.2) is 0 Å². The third kappa shape index (κ3) is 92.3. The fourth-order valence-electron chi connectivity index (χ4n) is 8.17. The Morgan fingerprint density at radius 2 is 0.306 bits per heavy atom. The van der Waals surface area contributed by atoms with E-state index >= 15 is 0 Å². The first-order valence-corrected chi connectivity index (χ1v) is 36.1. The smallest absolute Gasteiger partial charge is 0.159 e. The van der Waals surface area contributed by atoms with Gasteiger partial charge in [-0.3, -0.25) is 0 Å². The van der Waals surface area contributed by atoms with Crippen LogP contribution in [0, 0.1) is 0 Å². The molecule has 4 nitrogen and oxygen atoms in total. The van der Waals surface area contributed by atoms with Crippen molar-refractivity contribution in [3.05, 3.63) is 0 Å². The van der Waals surface area contributed by atoms with Crippen LogP contribution >= 0.6 is 7.82 Å². The summed E-state index contributed by atoms with van der Waals surface area (Å²) in [5, 5.41) is 4.50. The first kappa shape index (κ1) is 70.5. The Morgan fingerprint density at radius 1 is 0.226 bits per heavy atom. The van der Waals surface area contributed by atoms with Crippen molar-refractivity contribution in [1.82, 2.24) is 0 Å². The van der Waals surface area contributed by atoms with E-state index in [1.165, 1.54) is 378 Å². The maximum Gasteiger partial charge on any atom is -0.159 e. The minimum Gasteiger partial charge on any atom is -0.822 e. The van der Waals surface area contributed by atoms with Crippen LogP contribution in [0.1, 0.15) is 329 Å². The van der Waals surface area contributed by atoms with Gasteiger partial charge in [-0.15, -0.1) is 0 Å². The molecule has 0 saturated heterocycles. The molecule has 0 heterocycles. The topological polar surface area (TPSA) is 86.2 Å². The van der Waals surface area contributed by atoms with Crippen molar-refractivity contribution in [2.45, 2.75) is 344 Å². The van der Waals surface area contributed by atoms with Crippen LogP contribution in [0.4, 0.5) is 0 Å². The van der Waals surface area contributed by atoms with Crippen LogP contribution in [0.15, 0.2) is 0 Å². The number of hydrogen-bond donors (Lipinski definition) is 0. The molecule has 0 N–H and O–H groups in total. The second-order valence-electron chi connectivity index (χ2n) is 18.9. The first-order valence-electron chi connectivity index (χ1n) is 28.4. The van der Waals surface area contributed by atoms with Gasteiger partial charge in [0.05, 0.1) is 0 Å². The summed E-state index contributed by atoms with van der Waals surface area (Å²) in [5.41, 5.74) is 0. The average molecular weight is 1050 g/mol. The maximum absolute atomic E-state index is 8.55. The molecule has 0 atom stereocenters. The molecule has 0 saturated carbocycles. The molecule has 362 valence electrons. The zero-order valence-electron chi connectivity index (χ0n) is 43.3. The predicted molar refractivity (Wildman–Crippen MR) is 261 cm³/mol. The molecule has 0 aromatic heterocycles. The average Bonchev–Trinajstić information content (AvgIpc) is 3.25. The van der Waals surface area contributed by atoms with Crippen LogP contribution < -0.4 is 14.7 Å². The summed E-state index contributed by atoms with van der Waals surface area (Å²) in [7, 11) is -5.39. The van der Waals surface area contributed by atoms with Crippen molar-refractivity contribution in [3.63, 3.8) is 0 Å². The summed E-state index contributed by atoms with van der Waals surface area (Å²) in [6.07, 6.45) is 71.1. The maximum atomic E-state index is 8.55. The molecule has 0 radical (unpaired) electrons. The van der Waals surface area contributed by atoms with Gasteiger partial charge in [0.15, 0.2) is 0 Å². The Hall–Kier alpha value is 1.98. The van der Waals surface area contributed by atoms with Crippen molar-refractivity contribution in [3.8, 4) is 0 Å². The fraction of sp³-hybridized carbons (Fsp3) is 1.00. The molecule has 0 aliphatic heterocycles. The third-order valence-electron chi connectivity index (χ3n) is 12.3. The Labute approximate surface area is 422 Å². The molecule has 0 aliphatic rings. The van der Waals surface area contributed by atoms with Gasteiger partial charge in [-0.2, -0.15) is 7.82 Å². The van der Waals surface area contributed by atoms with Gasteiger partial charge < -0.3 is 19.2 Å². The van der Waals surface area contributed by atoms with Gasteiger partial charge >= 0.3 is 282 Å². The Balaban J connectivity index is -0.000000385. The van der Waals surface area contributed by atoms with Crippen molar-refractivity contribution in [2.75, 3.05) is 0 Å². The second kappa shape index (κ2) is 69.5. The molecule has 0 aromatic rings. The second-order valence-corrected chi connectivity index (χ2v) is 24.3. The largest absolute Gasteiger partial charge is 0.822 e. The van der Waals surface area contributed by atoms with Crippen LogP contribution in [0.5, 0.6) is 0 Å². The number of hydrogen-bond acceptors (Lipinski definition) is 4. The van der Waals surface area contributed by atoms with Crippen LogP contribution in [0.2, 0.25) is 15.0 Å². The molecule has 0 aliphatic carbocycles. The summed E-state index contributed by atoms with van der Waals surface area (Å²) < 4.78 is 8.55. The van der Waals surface area contributed by atoms with Gasteiger partial charge in [0.2, 0.25) is 0 Å². The van der Waals surface area contributed by atoms with Gasteiger partial charge in [0.25, 0.3) is 0 Å². The zero-order chi connectivity index (χ0) is 46.6. The van der Waals surface area contributed by atoms with E-state index in [1.807, 2.05) is 0 Å². The van der Waals surface area contributed by atoms with Gasteiger partial charge in [-0.25, -0.2) is 0 Å². The van der Waals surface area contributed by atoms with E-state index < -0.39 is 7.82 Å². The van der Waals surface area contributed by atoms with Gasteiger partial charge in [-0.1, -0.05) is 117 Å². The molecule has 0 unspecified atom stereocenters. The molecule has 8 heteroatoms. The molecule has 0 fully saturated rings. The van der Waals surface area contributed by atoms with Gasteiger partial charge in [0.1, 0.15) is 0 Å². The molecule has 0 aromatic carbocycles. The van der Waals surface area contributed by atoms with Gasteiger partial charge in [0, 0.05) is 0 Å². The Kier molecular flexibility index (Phi) is 79.1.